The Kier molecular flexibility index (Phi) is 3.81. The van der Waals surface area contributed by atoms with E-state index in [1.165, 1.54) is 0 Å². The van der Waals surface area contributed by atoms with Crippen molar-refractivity contribution in [3.05, 3.63) is 23.9 Å². The van der Waals surface area contributed by atoms with Crippen LogP contribution in [0.4, 0.5) is 5.82 Å². The molecule has 22 heavy (non-hydrogen) atoms. The number of anilines is 1. The van der Waals surface area contributed by atoms with Crippen LogP contribution in [-0.4, -0.2) is 52.2 Å². The Bertz CT molecular complexity index is 589. The molecule has 3 heterocycles. The van der Waals surface area contributed by atoms with Crippen molar-refractivity contribution < 1.29 is 14.9 Å². The van der Waals surface area contributed by atoms with Crippen molar-refractivity contribution in [3.63, 3.8) is 0 Å². The first kappa shape index (κ1) is 15.2. The second kappa shape index (κ2) is 5.51. The number of ether oxygens (including phenoxy) is 1. The van der Waals surface area contributed by atoms with E-state index >= 15 is 0 Å². The van der Waals surface area contributed by atoms with Gasteiger partial charge in [0.05, 0.1) is 23.8 Å². The zero-order valence-corrected chi connectivity index (χ0v) is 12.7. The second-order valence-corrected chi connectivity index (χ2v) is 6.42. The highest BCUT2D eigenvalue weighted by Crippen LogP contribution is 2.40. The highest BCUT2D eigenvalue weighted by atomic mass is 16.5. The van der Waals surface area contributed by atoms with Crippen molar-refractivity contribution in [2.24, 2.45) is 0 Å². The minimum absolute atomic E-state index is 0.450. The van der Waals surface area contributed by atoms with Gasteiger partial charge in [0.25, 0.3) is 0 Å². The summed E-state index contributed by atoms with van der Waals surface area (Å²) in [6, 6.07) is 5.57. The Balaban J connectivity index is 1.73. The molecule has 1 spiro atoms. The maximum atomic E-state index is 10.5. The van der Waals surface area contributed by atoms with Gasteiger partial charge in [0, 0.05) is 25.7 Å². The van der Waals surface area contributed by atoms with Gasteiger partial charge >= 0.3 is 0 Å². The van der Waals surface area contributed by atoms with Crippen LogP contribution >= 0.6 is 0 Å². The van der Waals surface area contributed by atoms with Gasteiger partial charge in [0.15, 0.2) is 0 Å². The summed E-state index contributed by atoms with van der Waals surface area (Å²) in [5.41, 5.74) is -1.19. The lowest BCUT2D eigenvalue weighted by Gasteiger charge is -2.51. The number of aliphatic hydroxyl groups excluding tert-OH is 1. The molecule has 118 valence electrons. The molecule has 0 radical (unpaired) electrons. The molecule has 1 aromatic heterocycles. The minimum atomic E-state index is -1.10. The highest BCUT2D eigenvalue weighted by Gasteiger charge is 2.52. The Morgan fingerprint density at radius 3 is 2.82 bits per heavy atom. The third-order valence-corrected chi connectivity index (χ3v) is 4.89. The molecule has 6 nitrogen and oxygen atoms in total. The molecule has 0 bridgehead atoms. The molecule has 2 saturated heterocycles. The van der Waals surface area contributed by atoms with E-state index in [9.17, 15) is 10.2 Å². The molecule has 0 amide bonds. The Morgan fingerprint density at radius 1 is 1.41 bits per heavy atom. The summed E-state index contributed by atoms with van der Waals surface area (Å²) in [5.74, 6) is 0.769. The highest BCUT2D eigenvalue weighted by molar-refractivity contribution is 5.45. The van der Waals surface area contributed by atoms with E-state index in [1.54, 1.807) is 25.3 Å². The van der Waals surface area contributed by atoms with Crippen molar-refractivity contribution in [1.82, 2.24) is 4.98 Å². The van der Waals surface area contributed by atoms with Gasteiger partial charge in [0.2, 0.25) is 0 Å². The lowest BCUT2D eigenvalue weighted by Crippen LogP contribution is -2.64. The van der Waals surface area contributed by atoms with Crippen LogP contribution in [0, 0.1) is 11.3 Å². The van der Waals surface area contributed by atoms with Crippen LogP contribution in [0.15, 0.2) is 18.3 Å². The maximum absolute atomic E-state index is 10.5. The number of hydrogen-bond acceptors (Lipinski definition) is 6. The first-order valence-electron chi connectivity index (χ1n) is 7.62. The molecule has 0 saturated carbocycles. The molecule has 1 aromatic rings. The van der Waals surface area contributed by atoms with E-state index in [1.807, 2.05) is 0 Å². The van der Waals surface area contributed by atoms with E-state index < -0.39 is 17.3 Å². The van der Waals surface area contributed by atoms with Gasteiger partial charge in [-0.25, -0.2) is 4.98 Å². The van der Waals surface area contributed by atoms with Crippen LogP contribution in [0.2, 0.25) is 0 Å². The second-order valence-electron chi connectivity index (χ2n) is 6.42. The quantitative estimate of drug-likeness (QED) is 0.798. The average Bonchev–Trinajstić information content (AvgIpc) is 2.53. The van der Waals surface area contributed by atoms with E-state index in [-0.39, 0.29) is 0 Å². The molecule has 2 N–H and O–H groups in total. The summed E-state index contributed by atoms with van der Waals surface area (Å²) >= 11 is 0. The lowest BCUT2D eigenvalue weighted by molar-refractivity contribution is -0.239. The molecule has 2 fully saturated rings. The van der Waals surface area contributed by atoms with E-state index in [2.05, 4.69) is 16.0 Å². The van der Waals surface area contributed by atoms with Crippen LogP contribution in [0.1, 0.15) is 31.7 Å². The fourth-order valence-electron chi connectivity index (χ4n) is 3.44. The van der Waals surface area contributed by atoms with Crippen molar-refractivity contribution in [1.29, 1.82) is 5.26 Å². The lowest BCUT2D eigenvalue weighted by atomic mass is 9.75. The molecule has 6 heteroatoms. The van der Waals surface area contributed by atoms with Crippen molar-refractivity contribution in [3.8, 4) is 6.07 Å². The molecular formula is C16H21N3O3. The predicted octanol–water partition coefficient (Wildman–Crippen LogP) is 0.824. The van der Waals surface area contributed by atoms with Crippen LogP contribution in [0.5, 0.6) is 0 Å². The number of pyridine rings is 1. The number of aliphatic hydroxyl groups is 2. The van der Waals surface area contributed by atoms with Gasteiger partial charge < -0.3 is 19.8 Å². The largest absolute Gasteiger partial charge is 0.387 e. The zero-order valence-electron chi connectivity index (χ0n) is 12.7. The van der Waals surface area contributed by atoms with Crippen molar-refractivity contribution >= 4 is 5.82 Å². The smallest absolute Gasteiger partial charge is 0.129 e. The molecule has 2 aliphatic heterocycles. The van der Waals surface area contributed by atoms with Gasteiger partial charge in [0.1, 0.15) is 17.5 Å². The van der Waals surface area contributed by atoms with Gasteiger partial charge in [-0.1, -0.05) is 0 Å². The molecule has 2 atom stereocenters. The zero-order chi connectivity index (χ0) is 15.8. The fraction of sp³-hybridized carbons (Fsp3) is 0.625. The number of piperidine rings is 1. The van der Waals surface area contributed by atoms with Crippen molar-refractivity contribution in [2.45, 2.75) is 43.5 Å². The van der Waals surface area contributed by atoms with E-state index in [0.717, 1.165) is 5.82 Å². The molecule has 2 aliphatic rings. The van der Waals surface area contributed by atoms with Gasteiger partial charge in [-0.15, -0.1) is 0 Å². The first-order valence-corrected chi connectivity index (χ1v) is 7.62. The minimum Gasteiger partial charge on any atom is -0.387 e. The Labute approximate surface area is 130 Å². The number of aromatic nitrogens is 1. The molecular weight excluding hydrogens is 282 g/mol. The summed E-state index contributed by atoms with van der Waals surface area (Å²) in [6.45, 7) is 3.49. The van der Waals surface area contributed by atoms with Crippen molar-refractivity contribution in [2.75, 3.05) is 24.6 Å². The summed E-state index contributed by atoms with van der Waals surface area (Å²) < 4.78 is 5.87. The summed E-state index contributed by atoms with van der Waals surface area (Å²) in [6.07, 6.45) is 2.46. The molecule has 3 rings (SSSR count). The normalized spacial score (nSPS) is 31.0. The summed E-state index contributed by atoms with van der Waals surface area (Å²) in [5, 5.41) is 29.8. The summed E-state index contributed by atoms with van der Waals surface area (Å²) in [7, 11) is 0. The number of nitriles is 1. The Hall–Kier alpha value is -1.68. The number of nitrogens with zero attached hydrogens (tertiary/aromatic N) is 3. The molecule has 0 unspecified atom stereocenters. The third-order valence-electron chi connectivity index (χ3n) is 4.89. The molecule has 0 aromatic carbocycles. The van der Waals surface area contributed by atoms with Gasteiger partial charge in [-0.3, -0.25) is 0 Å². The first-order chi connectivity index (χ1) is 10.5. The van der Waals surface area contributed by atoms with E-state index in [0.29, 0.717) is 44.5 Å². The third kappa shape index (κ3) is 2.56. The van der Waals surface area contributed by atoms with Crippen LogP contribution in [0.25, 0.3) is 0 Å². The predicted molar refractivity (Wildman–Crippen MR) is 80.3 cm³/mol. The standard InChI is InChI=1S/C16H21N3O3/c1-15(21)5-9-22-16(14(15)20)3-7-19(8-4-16)13-10-12(11-17)2-6-18-13/h2,6,10,14,20-21H,3-5,7-9H2,1H3/t14-,15+/m0/s1. The monoisotopic (exact) mass is 303 g/mol. The topological polar surface area (TPSA) is 89.6 Å². The van der Waals surface area contributed by atoms with Crippen LogP contribution in [-0.2, 0) is 4.74 Å². The van der Waals surface area contributed by atoms with Crippen LogP contribution < -0.4 is 4.90 Å². The van der Waals surface area contributed by atoms with Gasteiger partial charge in [-0.2, -0.15) is 5.26 Å². The summed E-state index contributed by atoms with van der Waals surface area (Å²) in [4.78, 5) is 6.40. The van der Waals surface area contributed by atoms with E-state index in [4.69, 9.17) is 10.00 Å². The maximum Gasteiger partial charge on any atom is 0.129 e. The Morgan fingerprint density at radius 2 is 2.14 bits per heavy atom. The van der Waals surface area contributed by atoms with Crippen LogP contribution in [0.3, 0.4) is 0 Å². The number of rotatable bonds is 1. The number of hydrogen-bond donors (Lipinski definition) is 2. The average molecular weight is 303 g/mol. The molecule has 0 aliphatic carbocycles. The fourth-order valence-corrected chi connectivity index (χ4v) is 3.44. The SMILES string of the molecule is C[C@@]1(O)CCOC2(CCN(c3cc(C#N)ccn3)CC2)[C@H]1O. The van der Waals surface area contributed by atoms with Gasteiger partial charge in [-0.05, 0) is 31.9 Å².